The molecule has 4 rings (SSSR count). The molecule has 0 aliphatic carbocycles. The Hall–Kier alpha value is -3.20. The average molecular weight is 399 g/mol. The van der Waals surface area contributed by atoms with Crippen molar-refractivity contribution < 1.29 is 8.78 Å². The van der Waals surface area contributed by atoms with Gasteiger partial charge in [-0.05, 0) is 31.7 Å². The van der Waals surface area contributed by atoms with Crippen LogP contribution in [0.3, 0.4) is 0 Å². The maximum atomic E-state index is 14.9. The second-order valence-corrected chi connectivity index (χ2v) is 7.28. The minimum Gasteiger partial charge on any atom is -0.398 e. The van der Waals surface area contributed by atoms with E-state index in [0.717, 1.165) is 19.5 Å². The first-order valence-corrected chi connectivity index (χ1v) is 9.34. The highest BCUT2D eigenvalue weighted by atomic mass is 19.1. The summed E-state index contributed by atoms with van der Waals surface area (Å²) in [4.78, 5) is 6.27. The fourth-order valence-corrected chi connectivity index (χ4v) is 3.75. The number of likely N-dealkylation sites (N-methyl/N-ethyl adjacent to an activating group) is 1. The van der Waals surface area contributed by atoms with Crippen molar-refractivity contribution in [3.63, 3.8) is 0 Å². The van der Waals surface area contributed by atoms with E-state index in [1.807, 2.05) is 7.05 Å². The van der Waals surface area contributed by atoms with Gasteiger partial charge in [-0.25, -0.2) is 13.8 Å². The molecule has 1 aliphatic rings. The normalized spacial score (nSPS) is 17.4. The van der Waals surface area contributed by atoms with Gasteiger partial charge in [-0.2, -0.15) is 5.10 Å². The Labute approximate surface area is 167 Å². The van der Waals surface area contributed by atoms with Crippen molar-refractivity contribution in [3.05, 3.63) is 47.7 Å². The number of halogens is 2. The number of hydrogen-bond acceptors (Lipinski definition) is 5. The Morgan fingerprint density at radius 1 is 1.24 bits per heavy atom. The molecule has 7 nitrogen and oxygen atoms in total. The molecule has 1 aromatic heterocycles. The number of amidine groups is 1. The van der Waals surface area contributed by atoms with Gasteiger partial charge in [-0.3, -0.25) is 4.68 Å². The van der Waals surface area contributed by atoms with Crippen molar-refractivity contribution in [2.45, 2.75) is 12.5 Å². The van der Waals surface area contributed by atoms with Gasteiger partial charge in [0.1, 0.15) is 17.2 Å². The molecule has 1 atom stereocenters. The molecule has 2 heterocycles. The van der Waals surface area contributed by atoms with Crippen LogP contribution in [0.5, 0.6) is 0 Å². The van der Waals surface area contributed by atoms with E-state index >= 15 is 0 Å². The van der Waals surface area contributed by atoms with Gasteiger partial charge in [-0.1, -0.05) is 0 Å². The predicted molar refractivity (Wildman–Crippen MR) is 112 cm³/mol. The Bertz CT molecular complexity index is 1080. The number of nitrogen functional groups attached to an aromatic ring is 1. The lowest BCUT2D eigenvalue weighted by molar-refractivity contribution is 0.615. The number of nitrogens with zero attached hydrogens (tertiary/aromatic N) is 4. The van der Waals surface area contributed by atoms with Crippen LogP contribution in [0.1, 0.15) is 12.0 Å². The first-order valence-electron chi connectivity index (χ1n) is 9.34. The molecule has 5 N–H and O–H groups in total. The standard InChI is InChI=1S/C20H23F2N7/c1-25-12-3-4-29(10-12)14-7-15(21)18(17(23)8-14)20(24)26-13-5-11-9-28(2)27-19(11)16(22)6-13/h5-9,12,25H,3-4,10,23H2,1-2H3,(H2,24,26). The van der Waals surface area contributed by atoms with E-state index in [1.165, 1.54) is 16.8 Å². The second kappa shape index (κ2) is 7.32. The minimum atomic E-state index is -0.558. The van der Waals surface area contributed by atoms with E-state index in [0.29, 0.717) is 17.1 Å². The molecule has 3 aromatic rings. The van der Waals surface area contributed by atoms with Crippen LogP contribution in [0.2, 0.25) is 0 Å². The SMILES string of the molecule is CNC1CCN(c2cc(N)c(C(N)=Nc3cc(F)c4nn(C)cc4c3)c(F)c2)C1. The van der Waals surface area contributed by atoms with E-state index in [4.69, 9.17) is 11.5 Å². The lowest BCUT2D eigenvalue weighted by Crippen LogP contribution is -2.29. The Morgan fingerprint density at radius 3 is 2.72 bits per heavy atom. The number of nitrogens with two attached hydrogens (primary N) is 2. The monoisotopic (exact) mass is 399 g/mol. The van der Waals surface area contributed by atoms with Crippen LogP contribution < -0.4 is 21.7 Å². The Kier molecular flexibility index (Phi) is 4.83. The van der Waals surface area contributed by atoms with E-state index in [1.54, 1.807) is 25.4 Å². The van der Waals surface area contributed by atoms with Crippen LogP contribution >= 0.6 is 0 Å². The van der Waals surface area contributed by atoms with Crippen LogP contribution in [-0.4, -0.2) is 41.8 Å². The zero-order valence-corrected chi connectivity index (χ0v) is 16.3. The largest absolute Gasteiger partial charge is 0.398 e. The zero-order valence-electron chi connectivity index (χ0n) is 16.3. The third-order valence-electron chi connectivity index (χ3n) is 5.23. The summed E-state index contributed by atoms with van der Waals surface area (Å²) in [6, 6.07) is 6.33. The molecule has 0 spiro atoms. The molecule has 1 saturated heterocycles. The van der Waals surface area contributed by atoms with Crippen LogP contribution in [0.4, 0.5) is 25.8 Å². The molecule has 0 bridgehead atoms. The highest BCUT2D eigenvalue weighted by Gasteiger charge is 2.23. The van der Waals surface area contributed by atoms with Gasteiger partial charge in [0.05, 0.1) is 11.3 Å². The summed E-state index contributed by atoms with van der Waals surface area (Å²) >= 11 is 0. The van der Waals surface area contributed by atoms with Crippen molar-refractivity contribution >= 4 is 33.8 Å². The molecule has 1 unspecified atom stereocenters. The highest BCUT2D eigenvalue weighted by molar-refractivity contribution is 6.04. The third-order valence-corrected chi connectivity index (χ3v) is 5.23. The summed E-state index contributed by atoms with van der Waals surface area (Å²) < 4.78 is 30.6. The maximum absolute atomic E-state index is 14.9. The summed E-state index contributed by atoms with van der Waals surface area (Å²) in [6.07, 6.45) is 2.65. The van der Waals surface area contributed by atoms with E-state index < -0.39 is 11.6 Å². The summed E-state index contributed by atoms with van der Waals surface area (Å²) in [6.45, 7) is 1.60. The Morgan fingerprint density at radius 2 is 2.03 bits per heavy atom. The van der Waals surface area contributed by atoms with Gasteiger partial charge >= 0.3 is 0 Å². The molecule has 152 valence electrons. The summed E-state index contributed by atoms with van der Waals surface area (Å²) in [5, 5.41) is 7.86. The van der Waals surface area contributed by atoms with Crippen molar-refractivity contribution in [1.82, 2.24) is 15.1 Å². The molecular weight excluding hydrogens is 376 g/mol. The predicted octanol–water partition coefficient (Wildman–Crippen LogP) is 2.27. The number of rotatable bonds is 4. The lowest BCUT2D eigenvalue weighted by atomic mass is 10.1. The van der Waals surface area contributed by atoms with Gasteiger partial charge in [0.15, 0.2) is 5.82 Å². The van der Waals surface area contributed by atoms with Gasteiger partial charge in [0.25, 0.3) is 0 Å². The fraction of sp³-hybridized carbons (Fsp3) is 0.300. The number of benzene rings is 2. The average Bonchev–Trinajstić information content (AvgIpc) is 3.27. The van der Waals surface area contributed by atoms with Crippen LogP contribution in [0, 0.1) is 11.6 Å². The van der Waals surface area contributed by atoms with Crippen molar-refractivity contribution in [2.75, 3.05) is 30.8 Å². The van der Waals surface area contributed by atoms with Gasteiger partial charge in [-0.15, -0.1) is 0 Å². The maximum Gasteiger partial charge on any atom is 0.153 e. The van der Waals surface area contributed by atoms with Gasteiger partial charge in [0.2, 0.25) is 0 Å². The molecule has 1 fully saturated rings. The molecule has 2 aromatic carbocycles. The van der Waals surface area contributed by atoms with Crippen molar-refractivity contribution in [2.24, 2.45) is 17.8 Å². The van der Waals surface area contributed by atoms with Crippen molar-refractivity contribution in [1.29, 1.82) is 0 Å². The van der Waals surface area contributed by atoms with E-state index in [9.17, 15) is 8.78 Å². The Balaban J connectivity index is 1.67. The number of aliphatic imine (C=N–C) groups is 1. The lowest BCUT2D eigenvalue weighted by Gasteiger charge is -2.20. The fourth-order valence-electron chi connectivity index (χ4n) is 3.75. The molecule has 0 saturated carbocycles. The molecule has 1 aliphatic heterocycles. The number of fused-ring (bicyclic) bond motifs is 1. The molecule has 9 heteroatoms. The van der Waals surface area contributed by atoms with Gasteiger partial charge in [0, 0.05) is 55.2 Å². The first kappa shape index (κ1) is 19.1. The quantitative estimate of drug-likeness (QED) is 0.355. The number of anilines is 2. The summed E-state index contributed by atoms with van der Waals surface area (Å²) in [7, 11) is 3.61. The number of aromatic nitrogens is 2. The topological polar surface area (TPSA) is 97.5 Å². The molecule has 0 amide bonds. The van der Waals surface area contributed by atoms with E-state index in [-0.39, 0.29) is 28.3 Å². The van der Waals surface area contributed by atoms with Crippen LogP contribution in [0.15, 0.2) is 35.5 Å². The van der Waals surface area contributed by atoms with Crippen molar-refractivity contribution in [3.8, 4) is 0 Å². The summed E-state index contributed by atoms with van der Waals surface area (Å²) in [5.41, 5.74) is 13.6. The highest BCUT2D eigenvalue weighted by Crippen LogP contribution is 2.29. The molecule has 0 radical (unpaired) electrons. The molecule has 29 heavy (non-hydrogen) atoms. The third kappa shape index (κ3) is 3.61. The van der Waals surface area contributed by atoms with Gasteiger partial charge < -0.3 is 21.7 Å². The smallest absolute Gasteiger partial charge is 0.153 e. The second-order valence-electron chi connectivity index (χ2n) is 7.28. The minimum absolute atomic E-state index is 0.0183. The van der Waals surface area contributed by atoms with Crippen LogP contribution in [0.25, 0.3) is 10.9 Å². The van der Waals surface area contributed by atoms with E-state index in [2.05, 4.69) is 20.3 Å². The molecular formula is C20H23F2N7. The first-order chi connectivity index (χ1) is 13.9. The summed E-state index contributed by atoms with van der Waals surface area (Å²) in [5.74, 6) is -1.19. The number of nitrogens with one attached hydrogen (secondary N) is 1. The number of aryl methyl sites for hydroxylation is 1. The number of hydrogen-bond donors (Lipinski definition) is 3. The zero-order chi connectivity index (χ0) is 20.7. The van der Waals surface area contributed by atoms with Crippen LogP contribution in [-0.2, 0) is 7.05 Å².